The van der Waals surface area contributed by atoms with Gasteiger partial charge in [-0.15, -0.1) is 0 Å². The van der Waals surface area contributed by atoms with Gasteiger partial charge in [0.25, 0.3) is 0 Å². The number of methoxy groups -OCH3 is 1. The van der Waals surface area contributed by atoms with Crippen LogP contribution in [-0.4, -0.2) is 77.3 Å². The zero-order chi connectivity index (χ0) is 17.2. The van der Waals surface area contributed by atoms with E-state index < -0.39 is 37.3 Å². The third kappa shape index (κ3) is 6.70. The van der Waals surface area contributed by atoms with Crippen LogP contribution in [0.5, 0.6) is 0 Å². The van der Waals surface area contributed by atoms with Gasteiger partial charge in [0.15, 0.2) is 0 Å². The molecule has 8 heteroatoms. The fourth-order valence-electron chi connectivity index (χ4n) is 2.54. The van der Waals surface area contributed by atoms with Gasteiger partial charge in [0, 0.05) is 6.42 Å². The fourth-order valence-corrected chi connectivity index (χ4v) is 2.54. The Hall–Kier alpha value is -0.770. The molecule has 0 saturated carbocycles. The SMILES string of the molecule is COC(=O)CCCCCCCN[C@@H]1O[C@H](CO)[C@@H](O)[C@H](O)[C@H]1O. The third-order valence-corrected chi connectivity index (χ3v) is 4.02. The first-order valence-electron chi connectivity index (χ1n) is 8.12. The first-order valence-corrected chi connectivity index (χ1v) is 8.12. The molecule has 0 aromatic rings. The number of carbonyl (C=O) groups is 1. The van der Waals surface area contributed by atoms with Crippen molar-refractivity contribution in [2.24, 2.45) is 0 Å². The van der Waals surface area contributed by atoms with Gasteiger partial charge < -0.3 is 29.9 Å². The lowest BCUT2D eigenvalue weighted by Crippen LogP contribution is -2.62. The van der Waals surface area contributed by atoms with Crippen molar-refractivity contribution >= 4 is 5.97 Å². The highest BCUT2D eigenvalue weighted by molar-refractivity contribution is 5.68. The molecule has 0 bridgehead atoms. The van der Waals surface area contributed by atoms with Crippen LogP contribution >= 0.6 is 0 Å². The van der Waals surface area contributed by atoms with Crippen LogP contribution in [0.3, 0.4) is 0 Å². The van der Waals surface area contributed by atoms with Gasteiger partial charge in [0.1, 0.15) is 30.6 Å². The maximum absolute atomic E-state index is 10.9. The van der Waals surface area contributed by atoms with E-state index in [4.69, 9.17) is 9.84 Å². The van der Waals surface area contributed by atoms with E-state index in [-0.39, 0.29) is 5.97 Å². The molecule has 1 heterocycles. The van der Waals surface area contributed by atoms with E-state index in [9.17, 15) is 20.1 Å². The average Bonchev–Trinajstić information content (AvgIpc) is 2.56. The summed E-state index contributed by atoms with van der Waals surface area (Å²) in [5.74, 6) is -0.186. The Kier molecular flexibility index (Phi) is 9.61. The Morgan fingerprint density at radius 1 is 1.04 bits per heavy atom. The summed E-state index contributed by atoms with van der Waals surface area (Å²) in [5, 5.41) is 41.2. The largest absolute Gasteiger partial charge is 0.469 e. The molecule has 0 amide bonds. The van der Waals surface area contributed by atoms with Crippen LogP contribution in [0.1, 0.15) is 38.5 Å². The number of nitrogens with one attached hydrogen (secondary N) is 1. The summed E-state index contributed by atoms with van der Waals surface area (Å²) in [6, 6.07) is 0. The van der Waals surface area contributed by atoms with Gasteiger partial charge in [-0.05, 0) is 19.4 Å². The molecule has 0 aliphatic carbocycles. The predicted octanol–water partition coefficient (Wildman–Crippen LogP) is -1.11. The molecule has 8 nitrogen and oxygen atoms in total. The zero-order valence-corrected chi connectivity index (χ0v) is 13.6. The standard InChI is InChI=1S/C15H29NO7/c1-22-11(18)7-5-3-2-4-6-8-16-15-14(21)13(20)12(19)10(9-17)23-15/h10,12-17,19-21H,2-9H2,1H3/t10-,12-,13+,14-,15-/m1/s1. The van der Waals surface area contributed by atoms with Gasteiger partial charge >= 0.3 is 5.97 Å². The molecule has 1 fully saturated rings. The molecule has 0 radical (unpaired) electrons. The Morgan fingerprint density at radius 2 is 1.70 bits per heavy atom. The van der Waals surface area contributed by atoms with Crippen LogP contribution in [0.25, 0.3) is 0 Å². The molecule has 5 atom stereocenters. The van der Waals surface area contributed by atoms with Crippen LogP contribution in [0.15, 0.2) is 0 Å². The topological polar surface area (TPSA) is 128 Å². The minimum absolute atomic E-state index is 0.186. The molecule has 1 rings (SSSR count). The normalized spacial score (nSPS) is 31.1. The maximum Gasteiger partial charge on any atom is 0.305 e. The summed E-state index contributed by atoms with van der Waals surface area (Å²) >= 11 is 0. The van der Waals surface area contributed by atoms with Crippen molar-refractivity contribution < 1.29 is 34.7 Å². The average molecular weight is 335 g/mol. The molecule has 1 saturated heterocycles. The first-order chi connectivity index (χ1) is 11.0. The minimum Gasteiger partial charge on any atom is -0.469 e. The predicted molar refractivity (Wildman–Crippen MR) is 81.5 cm³/mol. The van der Waals surface area contributed by atoms with Gasteiger partial charge in [-0.2, -0.15) is 0 Å². The fraction of sp³-hybridized carbons (Fsp3) is 0.933. The maximum atomic E-state index is 10.9. The molecular weight excluding hydrogens is 306 g/mol. The minimum atomic E-state index is -1.35. The van der Waals surface area contributed by atoms with Crippen LogP contribution in [0.4, 0.5) is 0 Å². The van der Waals surface area contributed by atoms with E-state index >= 15 is 0 Å². The molecule has 5 N–H and O–H groups in total. The second-order valence-electron chi connectivity index (χ2n) is 5.80. The lowest BCUT2D eigenvalue weighted by molar-refractivity contribution is -0.236. The molecule has 1 aliphatic rings. The van der Waals surface area contributed by atoms with E-state index in [0.29, 0.717) is 13.0 Å². The van der Waals surface area contributed by atoms with E-state index in [1.54, 1.807) is 0 Å². The number of esters is 1. The molecule has 0 unspecified atom stereocenters. The number of unbranched alkanes of at least 4 members (excludes halogenated alkanes) is 4. The number of aliphatic hydroxyl groups excluding tert-OH is 4. The summed E-state index contributed by atoms with van der Waals surface area (Å²) in [6.07, 6.45) is -0.602. The summed E-state index contributed by atoms with van der Waals surface area (Å²) in [4.78, 5) is 10.9. The van der Waals surface area contributed by atoms with Gasteiger partial charge in [0.05, 0.1) is 13.7 Å². The van der Waals surface area contributed by atoms with Crippen LogP contribution in [-0.2, 0) is 14.3 Å². The summed E-state index contributed by atoms with van der Waals surface area (Å²) in [5.41, 5.74) is 0. The highest BCUT2D eigenvalue weighted by Crippen LogP contribution is 2.19. The van der Waals surface area contributed by atoms with Crippen molar-refractivity contribution in [1.82, 2.24) is 5.32 Å². The first kappa shape index (κ1) is 20.3. The van der Waals surface area contributed by atoms with Crippen molar-refractivity contribution in [3.63, 3.8) is 0 Å². The Morgan fingerprint density at radius 3 is 2.35 bits per heavy atom. The van der Waals surface area contributed by atoms with E-state index in [1.807, 2.05) is 0 Å². The number of aliphatic hydroxyl groups is 4. The van der Waals surface area contributed by atoms with Crippen molar-refractivity contribution in [1.29, 1.82) is 0 Å². The molecule has 0 aromatic heterocycles. The van der Waals surface area contributed by atoms with Crippen LogP contribution in [0.2, 0.25) is 0 Å². The second kappa shape index (κ2) is 10.9. The van der Waals surface area contributed by atoms with Gasteiger partial charge in [-0.25, -0.2) is 0 Å². The summed E-state index contributed by atoms with van der Waals surface area (Å²) in [6.45, 7) is 0.156. The van der Waals surface area contributed by atoms with Crippen molar-refractivity contribution in [3.8, 4) is 0 Å². The molecular formula is C15H29NO7. The van der Waals surface area contributed by atoms with E-state index in [1.165, 1.54) is 7.11 Å². The Bertz CT molecular complexity index is 340. The number of ether oxygens (including phenoxy) is 2. The van der Waals surface area contributed by atoms with Crippen molar-refractivity contribution in [3.05, 3.63) is 0 Å². The number of hydrogen-bond donors (Lipinski definition) is 5. The number of carbonyl (C=O) groups excluding carboxylic acids is 1. The molecule has 0 aromatic carbocycles. The van der Waals surface area contributed by atoms with Gasteiger partial charge in [-0.1, -0.05) is 19.3 Å². The molecule has 1 aliphatic heterocycles. The monoisotopic (exact) mass is 335 g/mol. The van der Waals surface area contributed by atoms with E-state index in [0.717, 1.165) is 32.1 Å². The van der Waals surface area contributed by atoms with Crippen LogP contribution < -0.4 is 5.32 Å². The highest BCUT2D eigenvalue weighted by atomic mass is 16.6. The third-order valence-electron chi connectivity index (χ3n) is 4.02. The summed E-state index contributed by atoms with van der Waals surface area (Å²) in [7, 11) is 1.38. The Balaban J connectivity index is 2.12. The van der Waals surface area contributed by atoms with Crippen LogP contribution in [0, 0.1) is 0 Å². The smallest absolute Gasteiger partial charge is 0.305 e. The quantitative estimate of drug-likeness (QED) is 0.251. The van der Waals surface area contributed by atoms with E-state index in [2.05, 4.69) is 10.1 Å². The van der Waals surface area contributed by atoms with Gasteiger partial charge in [-0.3, -0.25) is 10.1 Å². The lowest BCUT2D eigenvalue weighted by atomic mass is 9.98. The van der Waals surface area contributed by atoms with Crippen molar-refractivity contribution in [2.75, 3.05) is 20.3 Å². The zero-order valence-electron chi connectivity index (χ0n) is 13.6. The lowest BCUT2D eigenvalue weighted by Gasteiger charge is -2.40. The number of rotatable bonds is 10. The molecule has 136 valence electrons. The van der Waals surface area contributed by atoms with Gasteiger partial charge in [0.2, 0.25) is 0 Å². The molecule has 23 heavy (non-hydrogen) atoms. The van der Waals surface area contributed by atoms with Crippen molar-refractivity contribution in [2.45, 2.75) is 69.2 Å². The number of hydrogen-bond acceptors (Lipinski definition) is 8. The summed E-state index contributed by atoms with van der Waals surface area (Å²) < 4.78 is 9.91. The highest BCUT2D eigenvalue weighted by Gasteiger charge is 2.42. The second-order valence-corrected chi connectivity index (χ2v) is 5.80. The molecule has 0 spiro atoms. The Labute approximate surface area is 136 Å².